The zero-order valence-corrected chi connectivity index (χ0v) is 12.7. The molecule has 0 radical (unpaired) electrons. The van der Waals surface area contributed by atoms with E-state index in [-0.39, 0.29) is 12.2 Å². The molecule has 1 saturated carbocycles. The minimum Gasteiger partial charge on any atom is -0.325 e. The lowest BCUT2D eigenvalue weighted by molar-refractivity contribution is -0.130. The van der Waals surface area contributed by atoms with Crippen LogP contribution < -0.4 is 5.32 Å². The van der Waals surface area contributed by atoms with E-state index in [4.69, 9.17) is 0 Å². The molecule has 0 aromatic rings. The van der Waals surface area contributed by atoms with Crippen LogP contribution in [0, 0.1) is 0 Å². The summed E-state index contributed by atoms with van der Waals surface area (Å²) in [6.45, 7) is 6.10. The first-order chi connectivity index (χ1) is 9.13. The van der Waals surface area contributed by atoms with Gasteiger partial charge in [0.05, 0.1) is 12.2 Å². The third-order valence-corrected chi connectivity index (χ3v) is 4.71. The summed E-state index contributed by atoms with van der Waals surface area (Å²) >= 11 is 0. The molecule has 19 heavy (non-hydrogen) atoms. The molecule has 0 bridgehead atoms. The van der Waals surface area contributed by atoms with E-state index in [1.54, 1.807) is 0 Å². The van der Waals surface area contributed by atoms with E-state index < -0.39 is 0 Å². The van der Waals surface area contributed by atoms with E-state index >= 15 is 0 Å². The minimum atomic E-state index is 0.0526. The minimum absolute atomic E-state index is 0.0526. The number of hydrogen-bond donors (Lipinski definition) is 1. The molecule has 1 N–H and O–H groups in total. The van der Waals surface area contributed by atoms with Crippen molar-refractivity contribution in [1.29, 1.82) is 0 Å². The Hall–Kier alpha value is -0.610. The van der Waals surface area contributed by atoms with Crippen LogP contribution >= 0.6 is 0 Å². The second kappa shape index (κ2) is 6.71. The Morgan fingerprint density at radius 2 is 2.05 bits per heavy atom. The number of amides is 1. The van der Waals surface area contributed by atoms with Crippen molar-refractivity contribution in [3.05, 3.63) is 0 Å². The fourth-order valence-electron chi connectivity index (χ4n) is 3.44. The molecule has 2 aliphatic rings. The molecule has 110 valence electrons. The molecule has 2 fully saturated rings. The van der Waals surface area contributed by atoms with Crippen molar-refractivity contribution in [3.8, 4) is 0 Å². The van der Waals surface area contributed by atoms with Crippen LogP contribution in [-0.4, -0.2) is 54.1 Å². The first-order valence-corrected chi connectivity index (χ1v) is 7.90. The molecule has 0 aromatic heterocycles. The lowest BCUT2D eigenvalue weighted by Crippen LogP contribution is -2.42. The molecule has 2 atom stereocenters. The molecule has 1 aliphatic carbocycles. The standard InChI is InChI=1S/C15H29N3O/c1-4-7-14-15(19)18(12(2)16-14)11-10-17(3)13-8-5-6-9-13/h12-14,16H,4-11H2,1-3H3. The maximum absolute atomic E-state index is 12.3. The molecule has 1 amide bonds. The van der Waals surface area contributed by atoms with Crippen LogP contribution in [0.25, 0.3) is 0 Å². The first kappa shape index (κ1) is 14.8. The Morgan fingerprint density at radius 1 is 1.37 bits per heavy atom. The second-order valence-corrected chi connectivity index (χ2v) is 6.13. The maximum atomic E-state index is 12.3. The number of nitrogens with one attached hydrogen (secondary N) is 1. The van der Waals surface area contributed by atoms with E-state index in [0.717, 1.165) is 32.0 Å². The predicted molar refractivity (Wildman–Crippen MR) is 77.9 cm³/mol. The first-order valence-electron chi connectivity index (χ1n) is 7.90. The highest BCUT2D eigenvalue weighted by Crippen LogP contribution is 2.22. The van der Waals surface area contributed by atoms with Gasteiger partial charge in [-0.25, -0.2) is 0 Å². The Balaban J connectivity index is 1.80. The van der Waals surface area contributed by atoms with Crippen molar-refractivity contribution in [2.24, 2.45) is 0 Å². The molecule has 1 heterocycles. The SMILES string of the molecule is CCCC1NC(C)N(CCN(C)C2CCCC2)C1=O. The van der Waals surface area contributed by atoms with E-state index in [1.807, 2.05) is 4.90 Å². The summed E-state index contributed by atoms with van der Waals surface area (Å²) in [5.41, 5.74) is 0. The van der Waals surface area contributed by atoms with Gasteiger partial charge in [0, 0.05) is 19.1 Å². The van der Waals surface area contributed by atoms with Gasteiger partial charge in [-0.05, 0) is 33.2 Å². The highest BCUT2D eigenvalue weighted by atomic mass is 16.2. The summed E-state index contributed by atoms with van der Waals surface area (Å²) in [4.78, 5) is 16.7. The van der Waals surface area contributed by atoms with E-state index in [2.05, 4.69) is 31.1 Å². The second-order valence-electron chi connectivity index (χ2n) is 6.13. The average molecular weight is 267 g/mol. The van der Waals surface area contributed by atoms with Crippen molar-refractivity contribution in [1.82, 2.24) is 15.1 Å². The van der Waals surface area contributed by atoms with Gasteiger partial charge in [-0.2, -0.15) is 0 Å². The molecule has 0 spiro atoms. The highest BCUT2D eigenvalue weighted by Gasteiger charge is 2.35. The van der Waals surface area contributed by atoms with Crippen molar-refractivity contribution in [3.63, 3.8) is 0 Å². The van der Waals surface area contributed by atoms with Crippen LogP contribution in [0.3, 0.4) is 0 Å². The van der Waals surface area contributed by atoms with Gasteiger partial charge in [0.1, 0.15) is 0 Å². The Kier molecular flexibility index (Phi) is 5.22. The average Bonchev–Trinajstić information content (AvgIpc) is 2.99. The maximum Gasteiger partial charge on any atom is 0.241 e. The Bertz CT molecular complexity index is 302. The molecule has 4 heteroatoms. The highest BCUT2D eigenvalue weighted by molar-refractivity contribution is 5.84. The number of carbonyl (C=O) groups excluding carboxylic acids is 1. The van der Waals surface area contributed by atoms with Crippen molar-refractivity contribution in [2.45, 2.75) is 70.6 Å². The smallest absolute Gasteiger partial charge is 0.241 e. The van der Waals surface area contributed by atoms with Gasteiger partial charge < -0.3 is 9.80 Å². The molecule has 2 unspecified atom stereocenters. The molecule has 0 aromatic carbocycles. The van der Waals surface area contributed by atoms with Crippen LogP contribution in [0.1, 0.15) is 52.4 Å². The summed E-state index contributed by atoms with van der Waals surface area (Å²) in [6, 6.07) is 0.796. The quantitative estimate of drug-likeness (QED) is 0.797. The molecular weight excluding hydrogens is 238 g/mol. The van der Waals surface area contributed by atoms with Crippen LogP contribution in [0.5, 0.6) is 0 Å². The number of nitrogens with zero attached hydrogens (tertiary/aromatic N) is 2. The summed E-state index contributed by atoms with van der Waals surface area (Å²) in [5, 5.41) is 3.41. The fraction of sp³-hybridized carbons (Fsp3) is 0.933. The van der Waals surface area contributed by atoms with E-state index in [1.165, 1.54) is 25.7 Å². The monoisotopic (exact) mass is 267 g/mol. The van der Waals surface area contributed by atoms with Crippen molar-refractivity contribution < 1.29 is 4.79 Å². The van der Waals surface area contributed by atoms with Gasteiger partial charge in [0.15, 0.2) is 0 Å². The van der Waals surface area contributed by atoms with Gasteiger partial charge in [-0.3, -0.25) is 10.1 Å². The van der Waals surface area contributed by atoms with Crippen molar-refractivity contribution >= 4 is 5.91 Å². The normalized spacial score (nSPS) is 28.8. The molecular formula is C15H29N3O. The van der Waals surface area contributed by atoms with Crippen LogP contribution in [0.15, 0.2) is 0 Å². The van der Waals surface area contributed by atoms with E-state index in [0.29, 0.717) is 5.91 Å². The third-order valence-electron chi connectivity index (χ3n) is 4.71. The summed E-state index contributed by atoms with van der Waals surface area (Å²) in [7, 11) is 2.21. The van der Waals surface area contributed by atoms with Crippen LogP contribution in [-0.2, 0) is 4.79 Å². The number of rotatable bonds is 6. The Morgan fingerprint density at radius 3 is 2.68 bits per heavy atom. The number of carbonyl (C=O) groups is 1. The fourth-order valence-corrected chi connectivity index (χ4v) is 3.44. The Labute approximate surface area is 117 Å². The van der Waals surface area contributed by atoms with Crippen molar-refractivity contribution in [2.75, 3.05) is 20.1 Å². The van der Waals surface area contributed by atoms with Gasteiger partial charge in [-0.15, -0.1) is 0 Å². The topological polar surface area (TPSA) is 35.6 Å². The third kappa shape index (κ3) is 3.48. The zero-order valence-electron chi connectivity index (χ0n) is 12.7. The molecule has 1 saturated heterocycles. The van der Waals surface area contributed by atoms with Gasteiger partial charge in [0.2, 0.25) is 5.91 Å². The lowest BCUT2D eigenvalue weighted by atomic mass is 10.1. The molecule has 2 rings (SSSR count). The van der Waals surface area contributed by atoms with E-state index in [9.17, 15) is 4.79 Å². The predicted octanol–water partition coefficient (Wildman–Crippen LogP) is 1.81. The van der Waals surface area contributed by atoms with Crippen LogP contribution in [0.4, 0.5) is 0 Å². The molecule has 4 nitrogen and oxygen atoms in total. The van der Waals surface area contributed by atoms with Gasteiger partial charge in [-0.1, -0.05) is 26.2 Å². The number of likely N-dealkylation sites (N-methyl/N-ethyl adjacent to an activating group) is 1. The van der Waals surface area contributed by atoms with Gasteiger partial charge in [0.25, 0.3) is 0 Å². The van der Waals surface area contributed by atoms with Gasteiger partial charge >= 0.3 is 0 Å². The summed E-state index contributed by atoms with van der Waals surface area (Å²) < 4.78 is 0. The largest absolute Gasteiger partial charge is 0.325 e. The summed E-state index contributed by atoms with van der Waals surface area (Å²) in [6.07, 6.45) is 7.61. The summed E-state index contributed by atoms with van der Waals surface area (Å²) in [5.74, 6) is 0.300. The van der Waals surface area contributed by atoms with Crippen LogP contribution in [0.2, 0.25) is 0 Å². The zero-order chi connectivity index (χ0) is 13.8. The number of hydrogen-bond acceptors (Lipinski definition) is 3. The molecule has 1 aliphatic heterocycles. The lowest BCUT2D eigenvalue weighted by Gasteiger charge is -2.28.